The van der Waals surface area contributed by atoms with Gasteiger partial charge in [0.1, 0.15) is 18.3 Å². The van der Waals surface area contributed by atoms with Crippen LogP contribution in [0.4, 0.5) is 9.18 Å². The zero-order valence-electron chi connectivity index (χ0n) is 11.6. The van der Waals surface area contributed by atoms with Crippen molar-refractivity contribution in [2.75, 3.05) is 6.61 Å². The second-order valence-corrected chi connectivity index (χ2v) is 7.37. The first kappa shape index (κ1) is 17.8. The molecule has 2 rings (SSSR count). The Hall–Kier alpha value is -1.50. The van der Waals surface area contributed by atoms with Crippen LogP contribution in [0.3, 0.4) is 0 Å². The van der Waals surface area contributed by atoms with Crippen molar-refractivity contribution < 1.29 is 18.7 Å². The zero-order valence-corrected chi connectivity index (χ0v) is 13.9. The van der Waals surface area contributed by atoms with E-state index < -0.39 is 40.2 Å². The highest BCUT2D eigenvalue weighted by atomic mass is 35.6. The number of alkyl halides is 3. The van der Waals surface area contributed by atoms with Gasteiger partial charge in [0, 0.05) is 5.70 Å². The van der Waals surface area contributed by atoms with Gasteiger partial charge in [0.2, 0.25) is 3.79 Å². The van der Waals surface area contributed by atoms with E-state index in [1.807, 2.05) is 0 Å². The van der Waals surface area contributed by atoms with Crippen LogP contribution in [0.25, 0.3) is 0 Å². The van der Waals surface area contributed by atoms with Gasteiger partial charge in [-0.3, -0.25) is 4.79 Å². The Labute approximate surface area is 146 Å². The highest BCUT2D eigenvalue weighted by Gasteiger charge is 2.39. The number of rotatable bonds is 3. The summed E-state index contributed by atoms with van der Waals surface area (Å²) in [6, 6.07) is 4.03. The first-order chi connectivity index (χ1) is 10.7. The summed E-state index contributed by atoms with van der Waals surface area (Å²) in [5.74, 6) is -2.13. The molecule has 2 amide bonds. The summed E-state index contributed by atoms with van der Waals surface area (Å²) in [5.41, 5.74) is 0.649. The van der Waals surface area contributed by atoms with Gasteiger partial charge in [-0.15, -0.1) is 0 Å². The lowest BCUT2D eigenvalue weighted by Gasteiger charge is -2.33. The van der Waals surface area contributed by atoms with Gasteiger partial charge in [-0.1, -0.05) is 53.5 Å². The maximum atomic E-state index is 13.1. The lowest BCUT2D eigenvalue weighted by molar-refractivity contribution is -0.148. The van der Waals surface area contributed by atoms with E-state index in [9.17, 15) is 14.0 Å². The van der Waals surface area contributed by atoms with Crippen LogP contribution in [0.15, 0.2) is 36.5 Å². The Kier molecular flexibility index (Phi) is 5.39. The van der Waals surface area contributed by atoms with E-state index in [0.717, 1.165) is 0 Å². The molecule has 23 heavy (non-hydrogen) atoms. The number of carbonyl (C=O) groups is 2. The van der Waals surface area contributed by atoms with E-state index in [2.05, 4.69) is 17.2 Å². The molecule has 1 aliphatic heterocycles. The maximum absolute atomic E-state index is 13.1. The van der Waals surface area contributed by atoms with Crippen LogP contribution < -0.4 is 10.6 Å². The molecule has 1 fully saturated rings. The molecular formula is C14H12Cl3FN2O3. The van der Waals surface area contributed by atoms with Crippen LogP contribution in [0.1, 0.15) is 11.6 Å². The summed E-state index contributed by atoms with van der Waals surface area (Å²) in [6.45, 7) is 3.21. The number of urea groups is 1. The molecule has 0 saturated carbocycles. The molecule has 1 aromatic rings. The third-order valence-corrected chi connectivity index (χ3v) is 3.46. The van der Waals surface area contributed by atoms with Crippen molar-refractivity contribution >= 4 is 46.8 Å². The first-order valence-corrected chi connectivity index (χ1v) is 7.56. The first-order valence-electron chi connectivity index (χ1n) is 6.42. The number of hydrogen-bond donors (Lipinski definition) is 2. The van der Waals surface area contributed by atoms with Gasteiger partial charge in [0.25, 0.3) is 0 Å². The van der Waals surface area contributed by atoms with E-state index in [-0.39, 0.29) is 5.70 Å². The molecular weight excluding hydrogens is 370 g/mol. The second-order valence-electron chi connectivity index (χ2n) is 4.85. The summed E-state index contributed by atoms with van der Waals surface area (Å²) in [7, 11) is 0. The van der Waals surface area contributed by atoms with Gasteiger partial charge in [0.05, 0.1) is 6.04 Å². The minimum Gasteiger partial charge on any atom is -0.461 e. The Bertz CT molecular complexity index is 631. The minimum absolute atomic E-state index is 0.136. The van der Waals surface area contributed by atoms with Gasteiger partial charge >= 0.3 is 12.0 Å². The van der Waals surface area contributed by atoms with Crippen LogP contribution in [-0.2, 0) is 9.53 Å². The summed E-state index contributed by atoms with van der Waals surface area (Å²) in [6.07, 6.45) is 0. The fourth-order valence-electron chi connectivity index (χ4n) is 2.15. The van der Waals surface area contributed by atoms with Crippen molar-refractivity contribution in [3.05, 3.63) is 47.9 Å². The normalized spacial score (nSPS) is 21.4. The zero-order chi connectivity index (χ0) is 17.2. The molecule has 0 spiro atoms. The van der Waals surface area contributed by atoms with Crippen molar-refractivity contribution in [2.24, 2.45) is 5.92 Å². The van der Waals surface area contributed by atoms with Crippen molar-refractivity contribution in [3.8, 4) is 0 Å². The molecule has 9 heteroatoms. The van der Waals surface area contributed by atoms with Crippen LogP contribution in [0, 0.1) is 11.7 Å². The molecule has 2 atom stereocenters. The van der Waals surface area contributed by atoms with Gasteiger partial charge < -0.3 is 15.4 Å². The predicted molar refractivity (Wildman–Crippen MR) is 84.7 cm³/mol. The number of nitrogens with one attached hydrogen (secondary N) is 2. The van der Waals surface area contributed by atoms with Crippen LogP contribution in [0.5, 0.6) is 0 Å². The molecule has 1 aliphatic rings. The molecule has 1 aromatic carbocycles. The molecule has 5 nitrogen and oxygen atoms in total. The van der Waals surface area contributed by atoms with Crippen LogP contribution in [0.2, 0.25) is 0 Å². The number of ether oxygens (including phenoxy) is 1. The number of amides is 2. The van der Waals surface area contributed by atoms with E-state index in [1.165, 1.54) is 24.3 Å². The highest BCUT2D eigenvalue weighted by Crippen LogP contribution is 2.32. The standard InChI is InChI=1S/C14H12Cl3FN2O3/c1-7-10(12(21)23-6-14(15,16)17)11(20-13(22)19-7)8-2-4-9(18)5-3-8/h2-5,10-11H,1,6H2,(H2,19,20,22). The van der Waals surface area contributed by atoms with Gasteiger partial charge in [0.15, 0.2) is 0 Å². The third kappa shape index (κ3) is 4.73. The summed E-state index contributed by atoms with van der Waals surface area (Å²) >= 11 is 16.7. The topological polar surface area (TPSA) is 67.4 Å². The van der Waals surface area contributed by atoms with Crippen molar-refractivity contribution in [3.63, 3.8) is 0 Å². The predicted octanol–water partition coefficient (Wildman–Crippen LogP) is 3.22. The van der Waals surface area contributed by atoms with Gasteiger partial charge in [-0.2, -0.15) is 0 Å². The van der Waals surface area contributed by atoms with Crippen molar-refractivity contribution in [1.82, 2.24) is 10.6 Å². The number of esters is 1. The van der Waals surface area contributed by atoms with Crippen LogP contribution in [-0.4, -0.2) is 22.4 Å². The SMILES string of the molecule is C=C1NC(=O)NC(c2ccc(F)cc2)C1C(=O)OCC(Cl)(Cl)Cl. The number of halogens is 4. The number of benzene rings is 1. The Morgan fingerprint density at radius 2 is 1.91 bits per heavy atom. The highest BCUT2D eigenvalue weighted by molar-refractivity contribution is 6.67. The van der Waals surface area contributed by atoms with E-state index >= 15 is 0 Å². The van der Waals surface area contributed by atoms with Gasteiger partial charge in [-0.05, 0) is 17.7 Å². The monoisotopic (exact) mass is 380 g/mol. The fraction of sp³-hybridized carbons (Fsp3) is 0.286. The van der Waals surface area contributed by atoms with Crippen molar-refractivity contribution in [1.29, 1.82) is 0 Å². The van der Waals surface area contributed by atoms with E-state index in [0.29, 0.717) is 5.56 Å². The molecule has 0 aliphatic carbocycles. The Morgan fingerprint density at radius 3 is 2.48 bits per heavy atom. The summed E-state index contributed by atoms with van der Waals surface area (Å²) < 4.78 is 16.3. The van der Waals surface area contributed by atoms with Crippen molar-refractivity contribution in [2.45, 2.75) is 9.83 Å². The average Bonchev–Trinajstić information content (AvgIpc) is 2.44. The molecule has 1 saturated heterocycles. The smallest absolute Gasteiger partial charge is 0.319 e. The minimum atomic E-state index is -1.76. The molecule has 0 radical (unpaired) electrons. The summed E-state index contributed by atoms with van der Waals surface area (Å²) in [5, 5.41) is 4.98. The maximum Gasteiger partial charge on any atom is 0.319 e. The largest absolute Gasteiger partial charge is 0.461 e. The number of carbonyl (C=O) groups excluding carboxylic acids is 2. The molecule has 124 valence electrons. The quantitative estimate of drug-likeness (QED) is 0.624. The molecule has 0 aromatic heterocycles. The Balaban J connectivity index is 2.24. The molecule has 1 heterocycles. The lowest BCUT2D eigenvalue weighted by atomic mass is 9.89. The van der Waals surface area contributed by atoms with E-state index in [1.54, 1.807) is 0 Å². The molecule has 0 bridgehead atoms. The average molecular weight is 382 g/mol. The second kappa shape index (κ2) is 6.95. The fourth-order valence-corrected chi connectivity index (χ4v) is 2.32. The summed E-state index contributed by atoms with van der Waals surface area (Å²) in [4.78, 5) is 23.9. The number of hydrogen-bond acceptors (Lipinski definition) is 3. The third-order valence-electron chi connectivity index (χ3n) is 3.13. The van der Waals surface area contributed by atoms with Gasteiger partial charge in [-0.25, -0.2) is 9.18 Å². The lowest BCUT2D eigenvalue weighted by Crippen LogP contribution is -2.51. The van der Waals surface area contributed by atoms with Crippen LogP contribution >= 0.6 is 34.8 Å². The Morgan fingerprint density at radius 1 is 1.30 bits per heavy atom. The molecule has 2 N–H and O–H groups in total. The molecule has 2 unspecified atom stereocenters. The van der Waals surface area contributed by atoms with E-state index in [4.69, 9.17) is 39.5 Å².